The molecule has 0 amide bonds. The molecule has 1 aromatic rings. The largest absolute Gasteiger partial charge is 0.462 e. The minimum atomic E-state index is -1.20. The maximum absolute atomic E-state index is 13.0. The Balaban J connectivity index is 1.78. The number of carbonyl (C=O) groups excluding carboxylic acids is 1. The van der Waals surface area contributed by atoms with Crippen LogP contribution in [0, 0.1) is 11.8 Å². The molecular formula is C26H41NO3S. The van der Waals surface area contributed by atoms with Gasteiger partial charge in [-0.3, -0.25) is 4.79 Å². The Labute approximate surface area is 191 Å². The van der Waals surface area contributed by atoms with E-state index in [9.17, 15) is 9.00 Å². The van der Waals surface area contributed by atoms with Crippen molar-refractivity contribution in [3.05, 3.63) is 35.9 Å². The van der Waals surface area contributed by atoms with Crippen molar-refractivity contribution in [2.45, 2.75) is 108 Å². The second-order valence-electron chi connectivity index (χ2n) is 10.4. The first-order chi connectivity index (χ1) is 14.8. The molecule has 3 rings (SSSR count). The zero-order chi connectivity index (χ0) is 22.3. The minimum Gasteiger partial charge on any atom is -0.462 e. The fraction of sp³-hybridized carbons (Fsp3) is 0.731. The van der Waals surface area contributed by atoms with Crippen molar-refractivity contribution in [3.63, 3.8) is 0 Å². The topological polar surface area (TPSA) is 55.4 Å². The van der Waals surface area contributed by atoms with Gasteiger partial charge in [0.15, 0.2) is 0 Å². The van der Waals surface area contributed by atoms with E-state index in [1.165, 1.54) is 25.7 Å². The average Bonchev–Trinajstić information content (AvgIpc) is 2.79. The van der Waals surface area contributed by atoms with E-state index in [-0.39, 0.29) is 28.8 Å². The number of esters is 1. The Hall–Kier alpha value is -1.20. The molecule has 0 aromatic heterocycles. The molecule has 5 heteroatoms. The van der Waals surface area contributed by atoms with Gasteiger partial charge in [-0.25, -0.2) is 8.93 Å². The first-order valence-electron chi connectivity index (χ1n) is 12.3. The SMILES string of the molecule is CC(C)(C)S(=O)N[C@@H](C[C@H](OC(=O)C1CCCCC1)C1CCCCC1)c1ccccc1. The smallest absolute Gasteiger partial charge is 0.309 e. The van der Waals surface area contributed by atoms with Crippen molar-refractivity contribution in [3.8, 4) is 0 Å². The first kappa shape index (κ1) is 24.4. The second-order valence-corrected chi connectivity index (χ2v) is 12.4. The third-order valence-electron chi connectivity index (χ3n) is 6.86. The van der Waals surface area contributed by atoms with Crippen LogP contribution in [0.1, 0.15) is 103 Å². The Kier molecular flexibility index (Phi) is 9.15. The van der Waals surface area contributed by atoms with Gasteiger partial charge in [0.2, 0.25) is 0 Å². The van der Waals surface area contributed by atoms with Gasteiger partial charge in [0.05, 0.1) is 21.7 Å². The fourth-order valence-electron chi connectivity index (χ4n) is 4.90. The van der Waals surface area contributed by atoms with Crippen LogP contribution in [0.15, 0.2) is 30.3 Å². The molecule has 0 aliphatic heterocycles. The number of hydrogen-bond donors (Lipinski definition) is 1. The molecule has 0 heterocycles. The summed E-state index contributed by atoms with van der Waals surface area (Å²) >= 11 is 0. The molecule has 1 N–H and O–H groups in total. The summed E-state index contributed by atoms with van der Waals surface area (Å²) in [5.41, 5.74) is 1.11. The van der Waals surface area contributed by atoms with Crippen molar-refractivity contribution >= 4 is 17.0 Å². The monoisotopic (exact) mass is 447 g/mol. The van der Waals surface area contributed by atoms with Gasteiger partial charge in [0.25, 0.3) is 0 Å². The summed E-state index contributed by atoms with van der Waals surface area (Å²) < 4.78 is 22.3. The highest BCUT2D eigenvalue weighted by Gasteiger charge is 2.34. The first-order valence-corrected chi connectivity index (χ1v) is 13.4. The lowest BCUT2D eigenvalue weighted by molar-refractivity contribution is -0.159. The number of rotatable bonds is 8. The number of hydrogen-bond acceptors (Lipinski definition) is 3. The Bertz CT molecular complexity index is 703. The molecule has 0 spiro atoms. The molecule has 0 bridgehead atoms. The van der Waals surface area contributed by atoms with Crippen molar-refractivity contribution in [1.82, 2.24) is 4.72 Å². The number of carbonyl (C=O) groups is 1. The van der Waals surface area contributed by atoms with Crippen LogP contribution in [0.3, 0.4) is 0 Å². The van der Waals surface area contributed by atoms with Crippen molar-refractivity contribution < 1.29 is 13.7 Å². The molecular weight excluding hydrogens is 406 g/mol. The van der Waals surface area contributed by atoms with E-state index in [2.05, 4.69) is 16.9 Å². The van der Waals surface area contributed by atoms with Crippen LogP contribution >= 0.6 is 0 Å². The number of ether oxygens (including phenoxy) is 1. The molecule has 2 fully saturated rings. The van der Waals surface area contributed by atoms with E-state index < -0.39 is 11.0 Å². The summed E-state index contributed by atoms with van der Waals surface area (Å²) in [7, 11) is -1.20. The van der Waals surface area contributed by atoms with Crippen LogP contribution in [0.5, 0.6) is 0 Å². The summed E-state index contributed by atoms with van der Waals surface area (Å²) in [6.45, 7) is 5.96. The van der Waals surface area contributed by atoms with Gasteiger partial charge in [-0.15, -0.1) is 0 Å². The molecule has 174 valence electrons. The van der Waals surface area contributed by atoms with Crippen LogP contribution in [-0.4, -0.2) is 21.0 Å². The molecule has 0 radical (unpaired) electrons. The lowest BCUT2D eigenvalue weighted by Crippen LogP contribution is -2.39. The van der Waals surface area contributed by atoms with Crippen LogP contribution in [-0.2, 0) is 20.5 Å². The van der Waals surface area contributed by atoms with E-state index in [1.807, 2.05) is 39.0 Å². The molecule has 0 saturated heterocycles. The summed E-state index contributed by atoms with van der Waals surface area (Å²) in [5.74, 6) is 0.461. The van der Waals surface area contributed by atoms with E-state index >= 15 is 0 Å². The van der Waals surface area contributed by atoms with Crippen LogP contribution < -0.4 is 4.72 Å². The van der Waals surface area contributed by atoms with Crippen LogP contribution in [0.2, 0.25) is 0 Å². The summed E-state index contributed by atoms with van der Waals surface area (Å²) in [4.78, 5) is 13.0. The van der Waals surface area contributed by atoms with Gasteiger partial charge >= 0.3 is 5.97 Å². The summed E-state index contributed by atoms with van der Waals surface area (Å²) in [5, 5.41) is 0. The van der Waals surface area contributed by atoms with Gasteiger partial charge in [-0.05, 0) is 57.9 Å². The van der Waals surface area contributed by atoms with Crippen molar-refractivity contribution in [2.75, 3.05) is 0 Å². The summed E-state index contributed by atoms with van der Waals surface area (Å²) in [6, 6.07) is 10.1. The quantitative estimate of drug-likeness (QED) is 0.480. The predicted molar refractivity (Wildman–Crippen MR) is 128 cm³/mol. The molecule has 3 atom stereocenters. The Morgan fingerprint density at radius 3 is 2.16 bits per heavy atom. The third kappa shape index (κ3) is 7.42. The molecule has 2 saturated carbocycles. The maximum atomic E-state index is 13.0. The standard InChI is InChI=1S/C26H41NO3S/c1-26(2,3)31(29)27-23(20-13-7-4-8-14-20)19-24(21-15-9-5-10-16-21)30-25(28)22-17-11-6-12-18-22/h4,7-8,13-14,21-24,27H,5-6,9-12,15-19H2,1-3H3/t23-,24-,31?/m0/s1. The maximum Gasteiger partial charge on any atom is 0.309 e. The van der Waals surface area contributed by atoms with Crippen LogP contribution in [0.25, 0.3) is 0 Å². The molecule has 2 aliphatic rings. The van der Waals surface area contributed by atoms with E-state index in [0.717, 1.165) is 44.1 Å². The predicted octanol–water partition coefficient (Wildman–Crippen LogP) is 6.24. The molecule has 4 nitrogen and oxygen atoms in total. The highest BCUT2D eigenvalue weighted by Crippen LogP contribution is 2.35. The second kappa shape index (κ2) is 11.6. The fourth-order valence-corrected chi connectivity index (χ4v) is 5.75. The minimum absolute atomic E-state index is 0.000899. The average molecular weight is 448 g/mol. The number of nitrogens with one attached hydrogen (secondary N) is 1. The Morgan fingerprint density at radius 1 is 1.00 bits per heavy atom. The lowest BCUT2D eigenvalue weighted by Gasteiger charge is -2.34. The molecule has 31 heavy (non-hydrogen) atoms. The van der Waals surface area contributed by atoms with E-state index in [0.29, 0.717) is 12.3 Å². The normalized spacial score (nSPS) is 21.9. The van der Waals surface area contributed by atoms with Gasteiger partial charge in [0.1, 0.15) is 6.10 Å². The lowest BCUT2D eigenvalue weighted by atomic mass is 9.82. The molecule has 1 aromatic carbocycles. The zero-order valence-electron chi connectivity index (χ0n) is 19.6. The highest BCUT2D eigenvalue weighted by atomic mass is 32.2. The van der Waals surface area contributed by atoms with E-state index in [4.69, 9.17) is 4.74 Å². The van der Waals surface area contributed by atoms with Gasteiger partial charge in [-0.1, -0.05) is 68.9 Å². The highest BCUT2D eigenvalue weighted by molar-refractivity contribution is 7.84. The van der Waals surface area contributed by atoms with Gasteiger partial charge in [-0.2, -0.15) is 0 Å². The number of benzene rings is 1. The van der Waals surface area contributed by atoms with Crippen LogP contribution in [0.4, 0.5) is 0 Å². The van der Waals surface area contributed by atoms with E-state index in [1.54, 1.807) is 0 Å². The van der Waals surface area contributed by atoms with Gasteiger partial charge < -0.3 is 4.74 Å². The van der Waals surface area contributed by atoms with Crippen molar-refractivity contribution in [2.24, 2.45) is 11.8 Å². The summed E-state index contributed by atoms with van der Waals surface area (Å²) in [6.07, 6.45) is 11.9. The Morgan fingerprint density at radius 2 is 1.58 bits per heavy atom. The van der Waals surface area contributed by atoms with Gasteiger partial charge in [0, 0.05) is 12.5 Å². The molecule has 1 unspecified atom stereocenters. The zero-order valence-corrected chi connectivity index (χ0v) is 20.4. The molecule has 2 aliphatic carbocycles. The third-order valence-corrected chi connectivity index (χ3v) is 8.47. The van der Waals surface area contributed by atoms with Crippen molar-refractivity contribution in [1.29, 1.82) is 0 Å².